The molecule has 2 heterocycles. The second kappa shape index (κ2) is 3.21. The lowest BCUT2D eigenvalue weighted by Crippen LogP contribution is -2.05. The Hall–Kier alpha value is -1.92. The number of tetrazole rings is 1. The number of rotatable bonds is 3. The Bertz CT molecular complexity index is 362. The normalized spacial score (nSPS) is 10.2. The highest BCUT2D eigenvalue weighted by Crippen LogP contribution is 1.99. The third kappa shape index (κ3) is 1.63. The molecule has 0 aliphatic heterocycles. The fourth-order valence-electron chi connectivity index (χ4n) is 0.937. The van der Waals surface area contributed by atoms with Crippen LogP contribution in [0.15, 0.2) is 12.3 Å². The lowest BCUT2D eigenvalue weighted by molar-refractivity contribution is 0.711. The molecule has 0 aliphatic rings. The molecule has 0 atom stereocenters. The molecule has 0 aliphatic carbocycles. The Kier molecular flexibility index (Phi) is 1.91. The van der Waals surface area contributed by atoms with Crippen LogP contribution in [0, 0.1) is 0 Å². The molecule has 2 rings (SSSR count). The highest BCUT2D eigenvalue weighted by molar-refractivity contribution is 5.22. The molecule has 0 fully saturated rings. The fourth-order valence-corrected chi connectivity index (χ4v) is 0.937. The summed E-state index contributed by atoms with van der Waals surface area (Å²) < 4.78 is 1.57. The minimum Gasteiger partial charge on any atom is -0.347 e. The fraction of sp³-hybridized carbons (Fsp3) is 0.333. The van der Waals surface area contributed by atoms with Crippen molar-refractivity contribution in [2.45, 2.75) is 6.54 Å². The minimum atomic E-state index is 0.633. The number of anilines is 1. The zero-order valence-electron chi connectivity index (χ0n) is 7.10. The first-order valence-corrected chi connectivity index (χ1v) is 3.81. The summed E-state index contributed by atoms with van der Waals surface area (Å²) in [6, 6.07) is 1.89. The van der Waals surface area contributed by atoms with Crippen LogP contribution >= 0.6 is 0 Å². The zero-order chi connectivity index (χ0) is 9.10. The van der Waals surface area contributed by atoms with Gasteiger partial charge in [0.2, 0.25) is 5.95 Å². The molecule has 0 unspecified atom stereocenters. The molecule has 13 heavy (non-hydrogen) atoms. The number of H-pyrrole nitrogens is 1. The Morgan fingerprint density at radius 2 is 2.54 bits per heavy atom. The number of nitrogens with zero attached hydrogens (tertiary/aromatic N) is 5. The maximum atomic E-state index is 3.82. The van der Waals surface area contributed by atoms with E-state index in [9.17, 15) is 0 Å². The van der Waals surface area contributed by atoms with Gasteiger partial charge in [-0.15, -0.1) is 0 Å². The molecule has 7 nitrogen and oxygen atoms in total. The standard InChI is InChI=1S/C6H9N7/c1-13-6(10-11-12-13)7-4-5-2-3-8-9-5/h2-3H,4H2,1H3,(H,8,9)(H,7,10,12). The predicted octanol–water partition coefficient (Wildman–Crippen LogP) is -0.455. The van der Waals surface area contributed by atoms with E-state index in [4.69, 9.17) is 0 Å². The van der Waals surface area contributed by atoms with Crippen LogP contribution in [-0.2, 0) is 13.6 Å². The molecule has 68 valence electrons. The Balaban J connectivity index is 1.97. The average molecular weight is 179 g/mol. The van der Waals surface area contributed by atoms with Crippen molar-refractivity contribution in [3.63, 3.8) is 0 Å². The van der Waals surface area contributed by atoms with E-state index in [-0.39, 0.29) is 0 Å². The summed E-state index contributed by atoms with van der Waals surface area (Å²) in [5.41, 5.74) is 0.989. The van der Waals surface area contributed by atoms with Gasteiger partial charge >= 0.3 is 0 Å². The van der Waals surface area contributed by atoms with Gasteiger partial charge in [0.05, 0.1) is 12.2 Å². The number of hydrogen-bond donors (Lipinski definition) is 2. The van der Waals surface area contributed by atoms with Gasteiger partial charge in [-0.05, 0) is 16.5 Å². The zero-order valence-corrected chi connectivity index (χ0v) is 7.10. The van der Waals surface area contributed by atoms with Gasteiger partial charge in [-0.2, -0.15) is 5.10 Å². The summed E-state index contributed by atoms with van der Waals surface area (Å²) in [6.07, 6.45) is 1.70. The first-order chi connectivity index (χ1) is 6.36. The Labute approximate surface area is 74.1 Å². The van der Waals surface area contributed by atoms with Gasteiger partial charge in [-0.3, -0.25) is 5.10 Å². The topological polar surface area (TPSA) is 84.3 Å². The molecule has 2 aromatic heterocycles. The van der Waals surface area contributed by atoms with Crippen LogP contribution in [0.3, 0.4) is 0 Å². The van der Waals surface area contributed by atoms with E-state index in [0.29, 0.717) is 12.5 Å². The average Bonchev–Trinajstić information content (AvgIpc) is 2.72. The number of aromatic amines is 1. The van der Waals surface area contributed by atoms with Gasteiger partial charge in [0.15, 0.2) is 0 Å². The van der Waals surface area contributed by atoms with Crippen molar-refractivity contribution >= 4 is 5.95 Å². The largest absolute Gasteiger partial charge is 0.347 e. The van der Waals surface area contributed by atoms with E-state index in [0.717, 1.165) is 5.69 Å². The van der Waals surface area contributed by atoms with Crippen LogP contribution in [0.1, 0.15) is 5.69 Å². The molecule has 0 bridgehead atoms. The summed E-state index contributed by atoms with van der Waals surface area (Å²) in [7, 11) is 1.77. The van der Waals surface area contributed by atoms with Crippen LogP contribution in [0.25, 0.3) is 0 Å². The number of nitrogens with one attached hydrogen (secondary N) is 2. The van der Waals surface area contributed by atoms with Crippen molar-refractivity contribution in [3.8, 4) is 0 Å². The lowest BCUT2D eigenvalue weighted by Gasteiger charge is -2.00. The van der Waals surface area contributed by atoms with Crippen molar-refractivity contribution in [2.24, 2.45) is 7.05 Å². The highest BCUT2D eigenvalue weighted by atomic mass is 15.6. The first-order valence-electron chi connectivity index (χ1n) is 3.81. The highest BCUT2D eigenvalue weighted by Gasteiger charge is 2.00. The van der Waals surface area contributed by atoms with E-state index in [1.54, 1.807) is 17.9 Å². The summed E-state index contributed by atoms with van der Waals surface area (Å²) in [4.78, 5) is 0. The van der Waals surface area contributed by atoms with Gasteiger partial charge in [-0.1, -0.05) is 5.10 Å². The summed E-state index contributed by atoms with van der Waals surface area (Å²) >= 11 is 0. The van der Waals surface area contributed by atoms with Crippen LogP contribution < -0.4 is 5.32 Å². The maximum Gasteiger partial charge on any atom is 0.242 e. The monoisotopic (exact) mass is 179 g/mol. The third-order valence-corrected chi connectivity index (χ3v) is 1.62. The van der Waals surface area contributed by atoms with Crippen molar-refractivity contribution in [1.29, 1.82) is 0 Å². The van der Waals surface area contributed by atoms with Crippen LogP contribution in [-0.4, -0.2) is 30.4 Å². The molecule has 2 N–H and O–H groups in total. The summed E-state index contributed by atoms with van der Waals surface area (Å²) in [5.74, 6) is 0.634. The molecule has 2 aromatic rings. The molecular formula is C6H9N7. The van der Waals surface area contributed by atoms with Gasteiger partial charge in [-0.25, -0.2) is 4.68 Å². The van der Waals surface area contributed by atoms with Crippen LogP contribution in [0.4, 0.5) is 5.95 Å². The van der Waals surface area contributed by atoms with Gasteiger partial charge in [0.25, 0.3) is 0 Å². The molecule has 7 heteroatoms. The number of aryl methyl sites for hydroxylation is 1. The maximum absolute atomic E-state index is 3.82. The second-order valence-corrected chi connectivity index (χ2v) is 2.56. The first kappa shape index (κ1) is 7.71. The van der Waals surface area contributed by atoms with Crippen molar-refractivity contribution < 1.29 is 0 Å². The second-order valence-electron chi connectivity index (χ2n) is 2.56. The molecule has 0 saturated carbocycles. The third-order valence-electron chi connectivity index (χ3n) is 1.62. The lowest BCUT2D eigenvalue weighted by atomic mass is 10.4. The number of hydrogen-bond acceptors (Lipinski definition) is 5. The van der Waals surface area contributed by atoms with E-state index < -0.39 is 0 Å². The smallest absolute Gasteiger partial charge is 0.242 e. The quantitative estimate of drug-likeness (QED) is 0.666. The van der Waals surface area contributed by atoms with Crippen molar-refractivity contribution in [2.75, 3.05) is 5.32 Å². The Morgan fingerprint density at radius 3 is 3.15 bits per heavy atom. The molecular weight excluding hydrogens is 170 g/mol. The van der Waals surface area contributed by atoms with Crippen LogP contribution in [0.2, 0.25) is 0 Å². The van der Waals surface area contributed by atoms with Gasteiger partial charge in [0, 0.05) is 13.2 Å². The van der Waals surface area contributed by atoms with E-state index in [2.05, 4.69) is 31.0 Å². The van der Waals surface area contributed by atoms with E-state index >= 15 is 0 Å². The Morgan fingerprint density at radius 1 is 1.62 bits per heavy atom. The van der Waals surface area contributed by atoms with E-state index in [1.165, 1.54) is 0 Å². The molecule has 0 saturated heterocycles. The molecule has 0 amide bonds. The molecule has 0 aromatic carbocycles. The van der Waals surface area contributed by atoms with Crippen LogP contribution in [0.5, 0.6) is 0 Å². The molecule has 0 radical (unpaired) electrons. The van der Waals surface area contributed by atoms with Gasteiger partial charge < -0.3 is 5.32 Å². The summed E-state index contributed by atoms with van der Waals surface area (Å²) in [6.45, 7) is 0.633. The van der Waals surface area contributed by atoms with Crippen molar-refractivity contribution in [3.05, 3.63) is 18.0 Å². The SMILES string of the molecule is Cn1nnnc1NCc1ccn[nH]1. The van der Waals surface area contributed by atoms with E-state index in [1.807, 2.05) is 6.07 Å². The van der Waals surface area contributed by atoms with Gasteiger partial charge in [0.1, 0.15) is 0 Å². The molecule has 0 spiro atoms. The summed E-state index contributed by atoms with van der Waals surface area (Å²) in [5, 5.41) is 20.7. The number of aromatic nitrogens is 6. The van der Waals surface area contributed by atoms with Crippen molar-refractivity contribution in [1.82, 2.24) is 30.4 Å². The predicted molar refractivity (Wildman–Crippen MR) is 44.7 cm³/mol. The minimum absolute atomic E-state index is 0.633.